The maximum absolute atomic E-state index is 12.7. The monoisotopic (exact) mass is 355 g/mol. The van der Waals surface area contributed by atoms with E-state index >= 15 is 0 Å². The molecule has 4 heteroatoms. The Balaban J connectivity index is 1.81. The van der Waals surface area contributed by atoms with Gasteiger partial charge in [-0.15, -0.1) is 0 Å². The number of hydrogen-bond acceptors (Lipinski definition) is 3. The number of nitrogens with one attached hydrogen (secondary N) is 1. The van der Waals surface area contributed by atoms with Crippen LogP contribution in [0.3, 0.4) is 0 Å². The van der Waals surface area contributed by atoms with Crippen molar-refractivity contribution in [2.45, 2.75) is 66.3 Å². The highest BCUT2D eigenvalue weighted by Crippen LogP contribution is 2.38. The minimum absolute atomic E-state index is 0.0231. The van der Waals surface area contributed by atoms with Crippen molar-refractivity contribution in [3.8, 4) is 0 Å². The smallest absolute Gasteiger partial charge is 0.336 e. The molecule has 0 bridgehead atoms. The molecule has 4 nitrogen and oxygen atoms in total. The van der Waals surface area contributed by atoms with E-state index in [0.717, 1.165) is 34.9 Å². The summed E-state index contributed by atoms with van der Waals surface area (Å²) < 4.78 is 5.32. The fourth-order valence-corrected chi connectivity index (χ4v) is 4.54. The van der Waals surface area contributed by atoms with Crippen molar-refractivity contribution in [1.29, 1.82) is 0 Å². The van der Waals surface area contributed by atoms with E-state index in [9.17, 15) is 9.59 Å². The first-order valence-corrected chi connectivity index (χ1v) is 9.46. The standard InChI is InChI=1S/C22H29NO3/c1-13-6-17(12-22(4,5)11-13)23-20(24)9-16-10-21(25)26-19-8-15(3)14(2)7-18(16)19/h7-8,10,13,17H,6,9,11-12H2,1-5H3,(H,23,24)/t13-,17-/m0/s1. The molecule has 1 heterocycles. The number of benzene rings is 1. The van der Waals surface area contributed by atoms with E-state index in [4.69, 9.17) is 4.42 Å². The zero-order valence-corrected chi connectivity index (χ0v) is 16.4. The molecule has 1 N–H and O–H groups in total. The molecule has 1 aromatic carbocycles. The molecule has 0 spiro atoms. The summed E-state index contributed by atoms with van der Waals surface area (Å²) in [6.07, 6.45) is 3.42. The van der Waals surface area contributed by atoms with Crippen LogP contribution in [0.25, 0.3) is 11.0 Å². The summed E-state index contributed by atoms with van der Waals surface area (Å²) in [6, 6.07) is 5.53. The molecule has 3 rings (SSSR count). The molecule has 1 amide bonds. The van der Waals surface area contributed by atoms with Gasteiger partial charge in [-0.1, -0.05) is 20.8 Å². The fraction of sp³-hybridized carbons (Fsp3) is 0.545. The molecule has 26 heavy (non-hydrogen) atoms. The summed E-state index contributed by atoms with van der Waals surface area (Å²) in [6.45, 7) is 10.8. The third kappa shape index (κ3) is 4.17. The van der Waals surface area contributed by atoms with Crippen molar-refractivity contribution >= 4 is 16.9 Å². The maximum Gasteiger partial charge on any atom is 0.336 e. The molecule has 140 valence electrons. The number of carbonyl (C=O) groups is 1. The van der Waals surface area contributed by atoms with Crippen molar-refractivity contribution in [3.05, 3.63) is 45.3 Å². The van der Waals surface area contributed by atoms with Crippen molar-refractivity contribution in [3.63, 3.8) is 0 Å². The van der Waals surface area contributed by atoms with Crippen LogP contribution in [-0.4, -0.2) is 11.9 Å². The van der Waals surface area contributed by atoms with Crippen LogP contribution in [0.4, 0.5) is 0 Å². The normalized spacial score (nSPS) is 22.3. The molecule has 1 saturated carbocycles. The number of hydrogen-bond donors (Lipinski definition) is 1. The van der Waals surface area contributed by atoms with E-state index in [1.54, 1.807) is 0 Å². The molecule has 1 aliphatic carbocycles. The maximum atomic E-state index is 12.7. The van der Waals surface area contributed by atoms with E-state index in [1.807, 2.05) is 26.0 Å². The molecule has 1 aromatic heterocycles. The number of carbonyl (C=O) groups excluding carboxylic acids is 1. The van der Waals surface area contributed by atoms with Gasteiger partial charge in [0.15, 0.2) is 0 Å². The lowest BCUT2D eigenvalue weighted by atomic mass is 9.70. The topological polar surface area (TPSA) is 59.3 Å². The van der Waals surface area contributed by atoms with Gasteiger partial charge in [0.25, 0.3) is 0 Å². The largest absolute Gasteiger partial charge is 0.423 e. The Morgan fingerprint density at radius 3 is 2.58 bits per heavy atom. The summed E-state index contributed by atoms with van der Waals surface area (Å²) in [4.78, 5) is 24.6. The van der Waals surface area contributed by atoms with Gasteiger partial charge in [0.1, 0.15) is 5.58 Å². The second-order valence-corrected chi connectivity index (χ2v) is 8.88. The van der Waals surface area contributed by atoms with E-state index in [2.05, 4.69) is 26.1 Å². The molecular formula is C22H29NO3. The van der Waals surface area contributed by atoms with Gasteiger partial charge in [-0.2, -0.15) is 0 Å². The molecular weight excluding hydrogens is 326 g/mol. The quantitative estimate of drug-likeness (QED) is 0.836. The Kier molecular flexibility index (Phi) is 4.96. The third-order valence-corrected chi connectivity index (χ3v) is 5.55. The second-order valence-electron chi connectivity index (χ2n) is 8.88. The van der Waals surface area contributed by atoms with Crippen LogP contribution >= 0.6 is 0 Å². The van der Waals surface area contributed by atoms with Crippen molar-refractivity contribution in [1.82, 2.24) is 5.32 Å². The predicted molar refractivity (Wildman–Crippen MR) is 104 cm³/mol. The molecule has 2 atom stereocenters. The highest BCUT2D eigenvalue weighted by atomic mass is 16.4. The first-order valence-electron chi connectivity index (χ1n) is 9.46. The van der Waals surface area contributed by atoms with Crippen molar-refractivity contribution in [2.75, 3.05) is 0 Å². The number of amides is 1. The summed E-state index contributed by atoms with van der Waals surface area (Å²) in [5, 5.41) is 4.04. The molecule has 2 aromatic rings. The second kappa shape index (κ2) is 6.90. The molecule has 1 fully saturated rings. The molecule has 1 aliphatic rings. The van der Waals surface area contributed by atoms with Crippen LogP contribution in [0.2, 0.25) is 0 Å². The molecule has 0 aliphatic heterocycles. The van der Waals surface area contributed by atoms with Gasteiger partial charge in [0.2, 0.25) is 5.91 Å². The lowest BCUT2D eigenvalue weighted by Gasteiger charge is -2.39. The Bertz CT molecular complexity index is 894. The lowest BCUT2D eigenvalue weighted by molar-refractivity contribution is -0.121. The zero-order chi connectivity index (χ0) is 19.1. The number of rotatable bonds is 3. The first-order chi connectivity index (χ1) is 12.1. The Hall–Kier alpha value is -2.10. The van der Waals surface area contributed by atoms with E-state index in [1.165, 1.54) is 12.5 Å². The lowest BCUT2D eigenvalue weighted by Crippen LogP contribution is -2.43. The predicted octanol–water partition coefficient (Wildman–Crippen LogP) is 4.28. The van der Waals surface area contributed by atoms with Crippen LogP contribution in [0.15, 0.2) is 27.4 Å². The highest BCUT2D eigenvalue weighted by molar-refractivity contribution is 5.88. The minimum Gasteiger partial charge on any atom is -0.423 e. The van der Waals surface area contributed by atoms with Gasteiger partial charge in [-0.05, 0) is 73.3 Å². The Labute approximate surface area is 155 Å². The number of fused-ring (bicyclic) bond motifs is 1. The van der Waals surface area contributed by atoms with Gasteiger partial charge in [0, 0.05) is 17.5 Å². The summed E-state index contributed by atoms with van der Waals surface area (Å²) >= 11 is 0. The average molecular weight is 355 g/mol. The van der Waals surface area contributed by atoms with Crippen LogP contribution in [0.1, 0.15) is 56.7 Å². The molecule has 0 saturated heterocycles. The fourth-order valence-electron chi connectivity index (χ4n) is 4.54. The van der Waals surface area contributed by atoms with Gasteiger partial charge < -0.3 is 9.73 Å². The van der Waals surface area contributed by atoms with Gasteiger partial charge in [-0.3, -0.25) is 4.79 Å². The zero-order valence-electron chi connectivity index (χ0n) is 16.4. The van der Waals surface area contributed by atoms with Crippen molar-refractivity contribution < 1.29 is 9.21 Å². The van der Waals surface area contributed by atoms with Crippen LogP contribution in [-0.2, 0) is 11.2 Å². The van der Waals surface area contributed by atoms with E-state index in [-0.39, 0.29) is 23.8 Å². The van der Waals surface area contributed by atoms with E-state index in [0.29, 0.717) is 11.5 Å². The third-order valence-electron chi connectivity index (χ3n) is 5.55. The first kappa shape index (κ1) is 18.7. The Morgan fingerprint density at radius 2 is 1.88 bits per heavy atom. The van der Waals surface area contributed by atoms with Crippen LogP contribution in [0, 0.1) is 25.2 Å². The summed E-state index contributed by atoms with van der Waals surface area (Å²) in [5.74, 6) is 0.587. The van der Waals surface area contributed by atoms with Gasteiger partial charge in [0.05, 0.1) is 6.42 Å². The van der Waals surface area contributed by atoms with Crippen LogP contribution < -0.4 is 10.9 Å². The summed E-state index contributed by atoms with van der Waals surface area (Å²) in [7, 11) is 0. The summed E-state index contributed by atoms with van der Waals surface area (Å²) in [5.41, 5.74) is 3.33. The van der Waals surface area contributed by atoms with Gasteiger partial charge in [-0.25, -0.2) is 4.79 Å². The Morgan fingerprint density at radius 1 is 1.19 bits per heavy atom. The minimum atomic E-state index is -0.407. The van der Waals surface area contributed by atoms with Crippen LogP contribution in [0.5, 0.6) is 0 Å². The SMILES string of the molecule is Cc1cc2oc(=O)cc(CC(=O)N[C@H]3C[C@H](C)CC(C)(C)C3)c2cc1C. The van der Waals surface area contributed by atoms with Gasteiger partial charge >= 0.3 is 5.63 Å². The van der Waals surface area contributed by atoms with E-state index < -0.39 is 5.63 Å². The number of aryl methyl sites for hydroxylation is 2. The average Bonchev–Trinajstić information content (AvgIpc) is 2.46. The molecule has 0 radical (unpaired) electrons. The molecule has 0 unspecified atom stereocenters. The van der Waals surface area contributed by atoms with Crippen molar-refractivity contribution in [2.24, 2.45) is 11.3 Å². The highest BCUT2D eigenvalue weighted by Gasteiger charge is 2.32.